The SMILES string of the molecule is CC(OC(=O)c1ccc(NC(N)=O)cc1)C(=O)N1CCCCCC1. The van der Waals surface area contributed by atoms with E-state index in [0.717, 1.165) is 25.7 Å². The first-order valence-electron chi connectivity index (χ1n) is 8.13. The Kier molecular flexibility index (Phi) is 6.17. The molecule has 0 bridgehead atoms. The zero-order chi connectivity index (χ0) is 17.5. The molecule has 0 saturated carbocycles. The molecule has 1 saturated heterocycles. The first-order valence-corrected chi connectivity index (χ1v) is 8.13. The Hall–Kier alpha value is -2.57. The van der Waals surface area contributed by atoms with Crippen LogP contribution >= 0.6 is 0 Å². The van der Waals surface area contributed by atoms with E-state index in [4.69, 9.17) is 10.5 Å². The predicted molar refractivity (Wildman–Crippen MR) is 89.6 cm³/mol. The van der Waals surface area contributed by atoms with Crippen molar-refractivity contribution in [2.45, 2.75) is 38.7 Å². The average Bonchev–Trinajstić information content (AvgIpc) is 2.83. The number of nitrogens with one attached hydrogen (secondary N) is 1. The van der Waals surface area contributed by atoms with Gasteiger partial charge in [-0.25, -0.2) is 9.59 Å². The molecule has 130 valence electrons. The highest BCUT2D eigenvalue weighted by molar-refractivity contribution is 5.93. The molecule has 3 N–H and O–H groups in total. The van der Waals surface area contributed by atoms with Gasteiger partial charge >= 0.3 is 12.0 Å². The molecule has 1 aliphatic heterocycles. The Morgan fingerprint density at radius 3 is 2.21 bits per heavy atom. The zero-order valence-electron chi connectivity index (χ0n) is 13.8. The summed E-state index contributed by atoms with van der Waals surface area (Å²) in [6.45, 7) is 3.02. The molecule has 0 aromatic heterocycles. The third kappa shape index (κ3) is 4.97. The topological polar surface area (TPSA) is 102 Å². The molecule has 24 heavy (non-hydrogen) atoms. The summed E-state index contributed by atoms with van der Waals surface area (Å²) in [5, 5.41) is 2.40. The third-order valence-corrected chi connectivity index (χ3v) is 3.94. The second-order valence-corrected chi connectivity index (χ2v) is 5.85. The highest BCUT2D eigenvalue weighted by Gasteiger charge is 2.24. The van der Waals surface area contributed by atoms with E-state index in [-0.39, 0.29) is 5.91 Å². The molecular formula is C17H23N3O4. The van der Waals surface area contributed by atoms with Crippen LogP contribution in [0.15, 0.2) is 24.3 Å². The maximum Gasteiger partial charge on any atom is 0.338 e. The van der Waals surface area contributed by atoms with Crippen molar-refractivity contribution in [2.75, 3.05) is 18.4 Å². The van der Waals surface area contributed by atoms with Gasteiger partial charge in [-0.15, -0.1) is 0 Å². The van der Waals surface area contributed by atoms with Crippen molar-refractivity contribution in [1.82, 2.24) is 4.90 Å². The normalized spacial score (nSPS) is 16.0. The second-order valence-electron chi connectivity index (χ2n) is 5.85. The molecule has 0 radical (unpaired) electrons. The van der Waals surface area contributed by atoms with Crippen LogP contribution in [0.4, 0.5) is 10.5 Å². The molecule has 1 heterocycles. The maximum atomic E-state index is 12.4. The Morgan fingerprint density at radius 1 is 1.08 bits per heavy atom. The molecule has 7 heteroatoms. The second kappa shape index (κ2) is 8.33. The van der Waals surface area contributed by atoms with Crippen LogP contribution in [0.5, 0.6) is 0 Å². The monoisotopic (exact) mass is 333 g/mol. The number of likely N-dealkylation sites (tertiary alicyclic amines) is 1. The lowest BCUT2D eigenvalue weighted by molar-refractivity contribution is -0.139. The molecule has 1 aromatic carbocycles. The lowest BCUT2D eigenvalue weighted by atomic mass is 10.2. The predicted octanol–water partition coefficient (Wildman–Crippen LogP) is 2.13. The standard InChI is InChI=1S/C17H23N3O4/c1-12(15(21)20-10-4-2-3-5-11-20)24-16(22)13-6-8-14(9-7-13)19-17(18)23/h6-9,12H,2-5,10-11H2,1H3,(H3,18,19,23). The number of hydrogen-bond donors (Lipinski definition) is 2. The number of carbonyl (C=O) groups is 3. The third-order valence-electron chi connectivity index (χ3n) is 3.94. The molecule has 1 aliphatic rings. The molecule has 2 rings (SSSR count). The molecule has 1 unspecified atom stereocenters. The smallest absolute Gasteiger partial charge is 0.338 e. The minimum atomic E-state index is -0.820. The van der Waals surface area contributed by atoms with Gasteiger partial charge in [0.1, 0.15) is 0 Å². The van der Waals surface area contributed by atoms with Crippen LogP contribution in [0.2, 0.25) is 0 Å². The number of esters is 1. The van der Waals surface area contributed by atoms with Gasteiger partial charge in [0.25, 0.3) is 5.91 Å². The van der Waals surface area contributed by atoms with Crippen molar-refractivity contribution < 1.29 is 19.1 Å². The van der Waals surface area contributed by atoms with Crippen LogP contribution in [-0.4, -0.2) is 42.0 Å². The summed E-state index contributed by atoms with van der Waals surface area (Å²) < 4.78 is 5.27. The number of urea groups is 1. The largest absolute Gasteiger partial charge is 0.449 e. The molecule has 3 amide bonds. The number of nitrogens with zero attached hydrogens (tertiary/aromatic N) is 1. The van der Waals surface area contributed by atoms with E-state index in [1.165, 1.54) is 12.1 Å². The number of nitrogens with two attached hydrogens (primary N) is 1. The van der Waals surface area contributed by atoms with Crippen LogP contribution in [0.3, 0.4) is 0 Å². The Labute approximate surface area is 141 Å². The minimum absolute atomic E-state index is 0.155. The van der Waals surface area contributed by atoms with Gasteiger partial charge in [-0.3, -0.25) is 4.79 Å². The van der Waals surface area contributed by atoms with Crippen molar-refractivity contribution in [2.24, 2.45) is 5.73 Å². The quantitative estimate of drug-likeness (QED) is 0.824. The number of hydrogen-bond acceptors (Lipinski definition) is 4. The first kappa shape index (κ1) is 17.8. The van der Waals surface area contributed by atoms with Gasteiger partial charge in [0, 0.05) is 18.8 Å². The highest BCUT2D eigenvalue weighted by atomic mass is 16.5. The minimum Gasteiger partial charge on any atom is -0.449 e. The van der Waals surface area contributed by atoms with Crippen LogP contribution in [0.1, 0.15) is 43.0 Å². The number of benzene rings is 1. The van der Waals surface area contributed by atoms with Crippen LogP contribution < -0.4 is 11.1 Å². The number of primary amides is 1. The van der Waals surface area contributed by atoms with Gasteiger partial charge in [-0.2, -0.15) is 0 Å². The number of rotatable bonds is 4. The summed E-state index contributed by atoms with van der Waals surface area (Å²) >= 11 is 0. The van der Waals surface area contributed by atoms with Crippen molar-refractivity contribution in [3.63, 3.8) is 0 Å². The fourth-order valence-corrected chi connectivity index (χ4v) is 2.66. The maximum absolute atomic E-state index is 12.4. The van der Waals surface area contributed by atoms with E-state index in [1.807, 2.05) is 0 Å². The number of anilines is 1. The van der Waals surface area contributed by atoms with Crippen LogP contribution in [0, 0.1) is 0 Å². The molecule has 0 aliphatic carbocycles. The summed E-state index contributed by atoms with van der Waals surface area (Å²) in [6, 6.07) is 5.43. The number of ether oxygens (including phenoxy) is 1. The molecule has 1 aromatic rings. The molecular weight excluding hydrogens is 310 g/mol. The van der Waals surface area contributed by atoms with Crippen LogP contribution in [0.25, 0.3) is 0 Å². The highest BCUT2D eigenvalue weighted by Crippen LogP contribution is 2.14. The van der Waals surface area contributed by atoms with Gasteiger partial charge < -0.3 is 20.7 Å². The van der Waals surface area contributed by atoms with Crippen molar-refractivity contribution in [3.05, 3.63) is 29.8 Å². The lowest BCUT2D eigenvalue weighted by Gasteiger charge is -2.24. The van der Waals surface area contributed by atoms with Crippen molar-refractivity contribution >= 4 is 23.6 Å². The van der Waals surface area contributed by atoms with Gasteiger partial charge in [-0.1, -0.05) is 12.8 Å². The Balaban J connectivity index is 1.92. The van der Waals surface area contributed by atoms with E-state index < -0.39 is 18.1 Å². The first-order chi connectivity index (χ1) is 11.5. The molecule has 7 nitrogen and oxygen atoms in total. The van der Waals surface area contributed by atoms with E-state index in [0.29, 0.717) is 24.3 Å². The fourth-order valence-electron chi connectivity index (χ4n) is 2.66. The fraction of sp³-hybridized carbons (Fsp3) is 0.471. The van der Waals surface area contributed by atoms with Gasteiger partial charge in [0.05, 0.1) is 5.56 Å². The van der Waals surface area contributed by atoms with Crippen LogP contribution in [-0.2, 0) is 9.53 Å². The van der Waals surface area contributed by atoms with Gasteiger partial charge in [0.15, 0.2) is 6.10 Å². The summed E-state index contributed by atoms with van der Waals surface area (Å²) in [4.78, 5) is 37.0. The molecule has 0 spiro atoms. The van der Waals surface area contributed by atoms with E-state index >= 15 is 0 Å². The Morgan fingerprint density at radius 2 is 1.67 bits per heavy atom. The average molecular weight is 333 g/mol. The summed E-state index contributed by atoms with van der Waals surface area (Å²) in [5.41, 5.74) is 5.81. The number of amides is 3. The molecule has 1 atom stereocenters. The van der Waals surface area contributed by atoms with E-state index in [9.17, 15) is 14.4 Å². The van der Waals surface area contributed by atoms with E-state index in [2.05, 4.69) is 5.32 Å². The summed E-state index contributed by atoms with van der Waals surface area (Å²) in [6.07, 6.45) is 3.41. The lowest BCUT2D eigenvalue weighted by Crippen LogP contribution is -2.40. The number of carbonyl (C=O) groups excluding carboxylic acids is 3. The van der Waals surface area contributed by atoms with Gasteiger partial charge in [0.2, 0.25) is 0 Å². The Bertz CT molecular complexity index is 592. The van der Waals surface area contributed by atoms with Crippen molar-refractivity contribution in [3.8, 4) is 0 Å². The van der Waals surface area contributed by atoms with Gasteiger partial charge in [-0.05, 0) is 44.0 Å². The van der Waals surface area contributed by atoms with E-state index in [1.54, 1.807) is 24.0 Å². The molecule has 1 fully saturated rings. The summed E-state index contributed by atoms with van der Waals surface area (Å²) in [7, 11) is 0. The zero-order valence-corrected chi connectivity index (χ0v) is 13.8. The summed E-state index contributed by atoms with van der Waals surface area (Å²) in [5.74, 6) is -0.728. The van der Waals surface area contributed by atoms with Crippen molar-refractivity contribution in [1.29, 1.82) is 0 Å².